The third-order valence-corrected chi connectivity index (χ3v) is 7.45. The van der Waals surface area contributed by atoms with E-state index in [4.69, 9.17) is 4.74 Å². The molecule has 0 aromatic heterocycles. The van der Waals surface area contributed by atoms with Gasteiger partial charge in [0, 0.05) is 12.2 Å². The summed E-state index contributed by atoms with van der Waals surface area (Å²) in [7, 11) is -2.45. The summed E-state index contributed by atoms with van der Waals surface area (Å²) in [6, 6.07) is 21.1. The van der Waals surface area contributed by atoms with Gasteiger partial charge in [0.1, 0.15) is 12.3 Å². The lowest BCUT2D eigenvalue weighted by molar-refractivity contribution is -0.117. The standard InChI is InChI=1S/C25H26N2O4S/c1-19-9-11-21(12-10-19)27(32(29,30)23-15-13-22(31-2)14-16-23)18-25(28)26-17-5-7-20-6-3-4-8-24(20)26/h3-4,6,8-16H,5,7,17-18H2,1-2H3. The first-order valence-corrected chi connectivity index (χ1v) is 12.0. The van der Waals surface area contributed by atoms with Crippen LogP contribution >= 0.6 is 0 Å². The van der Waals surface area contributed by atoms with Crippen LogP contribution in [0.25, 0.3) is 0 Å². The third-order valence-electron chi connectivity index (χ3n) is 5.66. The minimum Gasteiger partial charge on any atom is -0.497 e. The summed E-state index contributed by atoms with van der Waals surface area (Å²) >= 11 is 0. The number of amides is 1. The Labute approximate surface area is 189 Å². The molecule has 166 valence electrons. The Hall–Kier alpha value is -3.32. The van der Waals surface area contributed by atoms with Crippen molar-refractivity contribution < 1.29 is 17.9 Å². The van der Waals surface area contributed by atoms with E-state index >= 15 is 0 Å². The molecule has 0 saturated carbocycles. The van der Waals surface area contributed by atoms with Crippen LogP contribution in [0.1, 0.15) is 17.5 Å². The zero-order valence-electron chi connectivity index (χ0n) is 18.2. The van der Waals surface area contributed by atoms with Gasteiger partial charge in [-0.05, 0) is 67.8 Å². The molecule has 1 amide bonds. The summed E-state index contributed by atoms with van der Waals surface area (Å²) in [6.45, 7) is 2.22. The molecule has 0 fully saturated rings. The fourth-order valence-electron chi connectivity index (χ4n) is 3.90. The molecule has 0 aliphatic carbocycles. The fraction of sp³-hybridized carbons (Fsp3) is 0.240. The zero-order chi connectivity index (χ0) is 22.7. The number of carbonyl (C=O) groups excluding carboxylic acids is 1. The number of ether oxygens (including phenoxy) is 1. The zero-order valence-corrected chi connectivity index (χ0v) is 19.0. The van der Waals surface area contributed by atoms with Gasteiger partial charge in [0.05, 0.1) is 17.7 Å². The highest BCUT2D eigenvalue weighted by molar-refractivity contribution is 7.92. The Balaban J connectivity index is 1.70. The number of sulfonamides is 1. The predicted molar refractivity (Wildman–Crippen MR) is 126 cm³/mol. The van der Waals surface area contributed by atoms with Crippen molar-refractivity contribution in [2.45, 2.75) is 24.7 Å². The van der Waals surface area contributed by atoms with Gasteiger partial charge in [-0.3, -0.25) is 9.10 Å². The fourth-order valence-corrected chi connectivity index (χ4v) is 5.32. The second-order valence-corrected chi connectivity index (χ2v) is 9.66. The molecule has 32 heavy (non-hydrogen) atoms. The van der Waals surface area contributed by atoms with Crippen molar-refractivity contribution in [2.75, 3.05) is 29.4 Å². The van der Waals surface area contributed by atoms with Crippen molar-refractivity contribution in [2.24, 2.45) is 0 Å². The molecule has 0 spiro atoms. The number of methoxy groups -OCH3 is 1. The Morgan fingerprint density at radius 2 is 1.69 bits per heavy atom. The van der Waals surface area contributed by atoms with E-state index in [1.165, 1.54) is 23.5 Å². The molecule has 1 aliphatic heterocycles. The molecule has 0 radical (unpaired) electrons. The van der Waals surface area contributed by atoms with Crippen molar-refractivity contribution in [3.8, 4) is 5.75 Å². The monoisotopic (exact) mass is 450 g/mol. The van der Waals surface area contributed by atoms with Crippen molar-refractivity contribution in [3.63, 3.8) is 0 Å². The highest BCUT2D eigenvalue weighted by Crippen LogP contribution is 2.29. The van der Waals surface area contributed by atoms with Gasteiger partial charge in [-0.1, -0.05) is 35.9 Å². The molecule has 7 heteroatoms. The lowest BCUT2D eigenvalue weighted by Crippen LogP contribution is -2.45. The molecule has 0 unspecified atom stereocenters. The molecular weight excluding hydrogens is 424 g/mol. The number of carbonyl (C=O) groups is 1. The van der Waals surface area contributed by atoms with Crippen molar-refractivity contribution in [1.82, 2.24) is 0 Å². The molecule has 6 nitrogen and oxygen atoms in total. The quantitative estimate of drug-likeness (QED) is 0.565. The van der Waals surface area contributed by atoms with Gasteiger partial charge < -0.3 is 9.64 Å². The molecule has 3 aromatic carbocycles. The first kappa shape index (κ1) is 21.9. The minimum absolute atomic E-state index is 0.103. The van der Waals surface area contributed by atoms with Crippen LogP contribution in [-0.2, 0) is 21.2 Å². The van der Waals surface area contributed by atoms with Gasteiger partial charge in [0.2, 0.25) is 5.91 Å². The highest BCUT2D eigenvalue weighted by Gasteiger charge is 2.30. The first-order valence-electron chi connectivity index (χ1n) is 10.5. The molecule has 4 rings (SSSR count). The summed E-state index contributed by atoms with van der Waals surface area (Å²) in [5.74, 6) is 0.307. The molecule has 3 aromatic rings. The minimum atomic E-state index is -3.97. The number of hydrogen-bond acceptors (Lipinski definition) is 4. The van der Waals surface area contributed by atoms with Crippen LogP contribution in [0.15, 0.2) is 77.7 Å². The lowest BCUT2D eigenvalue weighted by atomic mass is 10.0. The Kier molecular flexibility index (Phi) is 6.19. The van der Waals surface area contributed by atoms with Crippen LogP contribution in [0.5, 0.6) is 5.75 Å². The van der Waals surface area contributed by atoms with E-state index < -0.39 is 10.0 Å². The number of fused-ring (bicyclic) bond motifs is 1. The van der Waals surface area contributed by atoms with Crippen molar-refractivity contribution in [3.05, 3.63) is 83.9 Å². The number of benzene rings is 3. The van der Waals surface area contributed by atoms with Crippen LogP contribution in [0.2, 0.25) is 0 Å². The lowest BCUT2D eigenvalue weighted by Gasteiger charge is -2.32. The summed E-state index contributed by atoms with van der Waals surface area (Å²) in [5.41, 5.74) is 3.42. The first-order chi connectivity index (χ1) is 15.4. The normalized spacial score (nSPS) is 13.4. The van der Waals surface area contributed by atoms with E-state index in [0.29, 0.717) is 18.0 Å². The number of para-hydroxylation sites is 1. The predicted octanol–water partition coefficient (Wildman–Crippen LogP) is 4.18. The second-order valence-electron chi connectivity index (χ2n) is 7.80. The van der Waals surface area contributed by atoms with Gasteiger partial charge in [-0.2, -0.15) is 0 Å². The number of hydrogen-bond donors (Lipinski definition) is 0. The van der Waals surface area contributed by atoms with E-state index in [2.05, 4.69) is 0 Å². The van der Waals surface area contributed by atoms with E-state index in [0.717, 1.165) is 29.7 Å². The van der Waals surface area contributed by atoms with Gasteiger partial charge in [-0.15, -0.1) is 0 Å². The summed E-state index contributed by atoms with van der Waals surface area (Å²) < 4.78 is 33.5. The van der Waals surface area contributed by atoms with Crippen LogP contribution in [0.4, 0.5) is 11.4 Å². The van der Waals surface area contributed by atoms with E-state index in [1.54, 1.807) is 29.2 Å². The number of nitrogens with zero attached hydrogens (tertiary/aromatic N) is 2. The summed E-state index contributed by atoms with van der Waals surface area (Å²) in [4.78, 5) is 15.2. The number of aryl methyl sites for hydroxylation is 2. The topological polar surface area (TPSA) is 66.9 Å². The summed E-state index contributed by atoms with van der Waals surface area (Å²) in [5, 5.41) is 0. The Morgan fingerprint density at radius 1 is 1.00 bits per heavy atom. The SMILES string of the molecule is COc1ccc(S(=O)(=O)N(CC(=O)N2CCCc3ccccc32)c2ccc(C)cc2)cc1. The third kappa shape index (κ3) is 4.34. The van der Waals surface area contributed by atoms with E-state index in [1.807, 2.05) is 43.3 Å². The molecule has 0 saturated heterocycles. The highest BCUT2D eigenvalue weighted by atomic mass is 32.2. The van der Waals surface area contributed by atoms with Crippen LogP contribution in [-0.4, -0.2) is 34.5 Å². The molecule has 0 N–H and O–H groups in total. The van der Waals surface area contributed by atoms with Gasteiger partial charge >= 0.3 is 0 Å². The molecular formula is C25H26N2O4S. The maximum atomic E-state index is 13.6. The maximum absolute atomic E-state index is 13.6. The second kappa shape index (κ2) is 9.04. The van der Waals surface area contributed by atoms with Crippen LogP contribution in [0, 0.1) is 6.92 Å². The van der Waals surface area contributed by atoms with Gasteiger partial charge in [0.25, 0.3) is 10.0 Å². The average molecular weight is 451 g/mol. The number of anilines is 2. The van der Waals surface area contributed by atoms with E-state index in [9.17, 15) is 13.2 Å². The van der Waals surface area contributed by atoms with Crippen molar-refractivity contribution in [1.29, 1.82) is 0 Å². The average Bonchev–Trinajstić information content (AvgIpc) is 2.82. The molecule has 0 atom stereocenters. The molecule has 1 heterocycles. The maximum Gasteiger partial charge on any atom is 0.264 e. The summed E-state index contributed by atoms with van der Waals surface area (Å²) in [6.07, 6.45) is 1.75. The van der Waals surface area contributed by atoms with Gasteiger partial charge in [0.15, 0.2) is 0 Å². The largest absolute Gasteiger partial charge is 0.497 e. The smallest absolute Gasteiger partial charge is 0.264 e. The van der Waals surface area contributed by atoms with Gasteiger partial charge in [-0.25, -0.2) is 8.42 Å². The number of rotatable bonds is 6. The molecule has 0 bridgehead atoms. The van der Waals surface area contributed by atoms with Crippen molar-refractivity contribution >= 4 is 27.3 Å². The Morgan fingerprint density at radius 3 is 2.38 bits per heavy atom. The van der Waals surface area contributed by atoms with E-state index in [-0.39, 0.29) is 17.3 Å². The Bertz CT molecular complexity index is 1210. The van der Waals surface area contributed by atoms with Crippen LogP contribution in [0.3, 0.4) is 0 Å². The molecule has 1 aliphatic rings. The van der Waals surface area contributed by atoms with Crippen LogP contribution < -0.4 is 13.9 Å².